The van der Waals surface area contributed by atoms with Crippen molar-refractivity contribution in [3.63, 3.8) is 0 Å². The molecule has 1 heterocycles. The van der Waals surface area contributed by atoms with Crippen molar-refractivity contribution in [2.75, 3.05) is 0 Å². The van der Waals surface area contributed by atoms with Gasteiger partial charge in [-0.15, -0.1) is 0 Å². The van der Waals surface area contributed by atoms with E-state index < -0.39 is 0 Å². The first kappa shape index (κ1) is 13.1. The summed E-state index contributed by atoms with van der Waals surface area (Å²) < 4.78 is 12.3. The van der Waals surface area contributed by atoms with Gasteiger partial charge in [0.15, 0.2) is 5.78 Å². The molecule has 19 heavy (non-hydrogen) atoms. The summed E-state index contributed by atoms with van der Waals surface area (Å²) in [5.74, 6) is 0.480. The van der Waals surface area contributed by atoms with Crippen LogP contribution >= 0.6 is 0 Å². The predicted octanol–water partition coefficient (Wildman–Crippen LogP) is 3.07. The van der Waals surface area contributed by atoms with E-state index in [0.717, 1.165) is 24.0 Å². The average Bonchev–Trinajstić information content (AvgIpc) is 2.80. The molecule has 3 aliphatic rings. The van der Waals surface area contributed by atoms with Crippen LogP contribution in [-0.2, 0) is 14.1 Å². The number of carbonyl (C=O) groups is 1. The molecule has 0 aromatic rings. The van der Waals surface area contributed by atoms with Crippen LogP contribution in [0.2, 0.25) is 5.82 Å². The van der Waals surface area contributed by atoms with Gasteiger partial charge in [0.2, 0.25) is 0 Å². The quantitative estimate of drug-likeness (QED) is 0.680. The molecule has 1 unspecified atom stereocenters. The number of rotatable bonds is 1. The van der Waals surface area contributed by atoms with E-state index in [1.165, 1.54) is 0 Å². The molecular weight excluding hydrogens is 239 g/mol. The number of allylic oxidation sites excluding steroid dienone is 4. The van der Waals surface area contributed by atoms with Crippen molar-refractivity contribution in [2.24, 2.45) is 0 Å². The highest BCUT2D eigenvalue weighted by Gasteiger charge is 2.55. The first-order valence-corrected chi connectivity index (χ1v) is 7.10. The van der Waals surface area contributed by atoms with E-state index in [-0.39, 0.29) is 29.9 Å². The molecule has 1 aliphatic heterocycles. The van der Waals surface area contributed by atoms with Crippen molar-refractivity contribution >= 4 is 12.9 Å². The van der Waals surface area contributed by atoms with Crippen molar-refractivity contribution in [3.8, 4) is 0 Å². The van der Waals surface area contributed by atoms with Gasteiger partial charge in [-0.3, -0.25) is 4.79 Å². The minimum Gasteiger partial charge on any atom is -0.403 e. The first-order chi connectivity index (χ1) is 8.82. The molecule has 0 aromatic carbocycles. The van der Waals surface area contributed by atoms with Gasteiger partial charge in [0.05, 0.1) is 11.2 Å². The normalized spacial score (nSPS) is 32.1. The van der Waals surface area contributed by atoms with E-state index in [0.29, 0.717) is 6.42 Å². The van der Waals surface area contributed by atoms with Crippen LogP contribution in [0.1, 0.15) is 47.0 Å². The van der Waals surface area contributed by atoms with E-state index in [4.69, 9.17) is 9.31 Å². The molecule has 1 atom stereocenters. The molecule has 102 valence electrons. The molecule has 0 N–H and O–H groups in total. The summed E-state index contributed by atoms with van der Waals surface area (Å²) in [7, 11) is -0.229. The Hall–Kier alpha value is -0.865. The highest BCUT2D eigenvalue weighted by atomic mass is 16.7. The van der Waals surface area contributed by atoms with Crippen LogP contribution < -0.4 is 0 Å². The third kappa shape index (κ3) is 1.93. The fourth-order valence-corrected chi connectivity index (χ4v) is 3.10. The molecule has 0 saturated carbocycles. The van der Waals surface area contributed by atoms with Crippen LogP contribution in [0.25, 0.3) is 0 Å². The zero-order chi connectivity index (χ0) is 13.8. The number of carbonyl (C=O) groups excluding carboxylic acids is 1. The van der Waals surface area contributed by atoms with E-state index in [1.807, 2.05) is 6.08 Å². The number of ketones is 1. The maximum Gasteiger partial charge on any atom is 0.465 e. The standard InChI is InChI=1S/C15H21BO3/c1-14(2)15(3,4)19-16(18-14)12-9-8-11-10(12)6-5-7-13(11)17/h5-6,12H,7-9H2,1-4H3. The monoisotopic (exact) mass is 260 g/mol. The largest absolute Gasteiger partial charge is 0.465 e. The second-order valence-electron chi connectivity index (χ2n) is 6.73. The Morgan fingerprint density at radius 2 is 1.84 bits per heavy atom. The molecule has 4 heteroatoms. The van der Waals surface area contributed by atoms with E-state index >= 15 is 0 Å². The third-order valence-electron chi connectivity index (χ3n) is 4.99. The van der Waals surface area contributed by atoms with Gasteiger partial charge in [0.25, 0.3) is 0 Å². The Morgan fingerprint density at radius 3 is 2.47 bits per heavy atom. The Bertz CT molecular complexity index is 472. The molecule has 0 radical (unpaired) electrons. The summed E-state index contributed by atoms with van der Waals surface area (Å²) in [5, 5.41) is 0. The topological polar surface area (TPSA) is 35.5 Å². The summed E-state index contributed by atoms with van der Waals surface area (Å²) >= 11 is 0. The Morgan fingerprint density at radius 1 is 1.21 bits per heavy atom. The highest BCUT2D eigenvalue weighted by molar-refractivity contribution is 6.49. The van der Waals surface area contributed by atoms with E-state index in [9.17, 15) is 4.79 Å². The van der Waals surface area contributed by atoms with Gasteiger partial charge in [0, 0.05) is 12.2 Å². The van der Waals surface area contributed by atoms with E-state index in [1.54, 1.807) is 0 Å². The van der Waals surface area contributed by atoms with Crippen LogP contribution in [0.5, 0.6) is 0 Å². The maximum atomic E-state index is 11.9. The van der Waals surface area contributed by atoms with Crippen molar-refractivity contribution in [3.05, 3.63) is 23.3 Å². The molecule has 1 fully saturated rings. The van der Waals surface area contributed by atoms with Gasteiger partial charge >= 0.3 is 7.12 Å². The molecular formula is C15H21BO3. The molecule has 0 aromatic heterocycles. The van der Waals surface area contributed by atoms with Crippen LogP contribution in [0.15, 0.2) is 23.3 Å². The van der Waals surface area contributed by atoms with E-state index in [2.05, 4.69) is 33.8 Å². The first-order valence-electron chi connectivity index (χ1n) is 7.10. The minimum atomic E-state index is -0.302. The van der Waals surface area contributed by atoms with Crippen LogP contribution in [0.3, 0.4) is 0 Å². The number of hydrogen-bond acceptors (Lipinski definition) is 3. The van der Waals surface area contributed by atoms with Crippen LogP contribution in [0, 0.1) is 0 Å². The average molecular weight is 260 g/mol. The summed E-state index contributed by atoms with van der Waals surface area (Å²) in [6.45, 7) is 8.27. The lowest BCUT2D eigenvalue weighted by atomic mass is 9.67. The molecule has 0 spiro atoms. The van der Waals surface area contributed by atoms with Crippen molar-refractivity contribution < 1.29 is 14.1 Å². The summed E-state index contributed by atoms with van der Waals surface area (Å²) in [4.78, 5) is 11.9. The second-order valence-corrected chi connectivity index (χ2v) is 6.73. The fourth-order valence-electron chi connectivity index (χ4n) is 3.10. The maximum absolute atomic E-state index is 11.9. The predicted molar refractivity (Wildman–Crippen MR) is 74.9 cm³/mol. The fraction of sp³-hybridized carbons (Fsp3) is 0.667. The molecule has 3 rings (SSSR count). The summed E-state index contributed by atoms with van der Waals surface area (Å²) in [5.41, 5.74) is 1.55. The van der Waals surface area contributed by atoms with Gasteiger partial charge in [-0.2, -0.15) is 0 Å². The lowest BCUT2D eigenvalue weighted by Gasteiger charge is -2.32. The highest BCUT2D eigenvalue weighted by Crippen LogP contribution is 2.48. The van der Waals surface area contributed by atoms with Crippen LogP contribution in [0.4, 0.5) is 0 Å². The summed E-state index contributed by atoms with van der Waals surface area (Å²) in [6.07, 6.45) is 6.43. The zero-order valence-electron chi connectivity index (χ0n) is 12.2. The summed E-state index contributed by atoms with van der Waals surface area (Å²) in [6, 6.07) is 0. The van der Waals surface area contributed by atoms with Crippen molar-refractivity contribution in [1.29, 1.82) is 0 Å². The number of Topliss-reactive ketones (excluding diaryl/α,β-unsaturated/α-hetero) is 1. The van der Waals surface area contributed by atoms with Gasteiger partial charge in [-0.05, 0) is 51.7 Å². The Kier molecular flexibility index (Phi) is 2.81. The molecule has 0 amide bonds. The lowest BCUT2D eigenvalue weighted by molar-refractivity contribution is -0.115. The molecule has 1 saturated heterocycles. The Balaban J connectivity index is 1.86. The van der Waals surface area contributed by atoms with Gasteiger partial charge in [-0.1, -0.05) is 12.2 Å². The van der Waals surface area contributed by atoms with Crippen molar-refractivity contribution in [1.82, 2.24) is 0 Å². The third-order valence-corrected chi connectivity index (χ3v) is 4.99. The smallest absolute Gasteiger partial charge is 0.403 e. The second kappa shape index (κ2) is 4.06. The molecule has 0 bridgehead atoms. The molecule has 3 nitrogen and oxygen atoms in total. The zero-order valence-corrected chi connectivity index (χ0v) is 12.2. The van der Waals surface area contributed by atoms with Gasteiger partial charge < -0.3 is 9.31 Å². The minimum absolute atomic E-state index is 0.205. The number of hydrogen-bond donors (Lipinski definition) is 0. The SMILES string of the molecule is CC1(C)OB(C2CCC3=C2C=CCC3=O)OC1(C)C. The Labute approximate surface area is 115 Å². The van der Waals surface area contributed by atoms with Crippen LogP contribution in [-0.4, -0.2) is 24.1 Å². The molecule has 2 aliphatic carbocycles. The van der Waals surface area contributed by atoms with Crippen molar-refractivity contribution in [2.45, 2.75) is 64.0 Å². The van der Waals surface area contributed by atoms with Gasteiger partial charge in [-0.25, -0.2) is 0 Å². The lowest BCUT2D eigenvalue weighted by Crippen LogP contribution is -2.41. The van der Waals surface area contributed by atoms with Gasteiger partial charge in [0.1, 0.15) is 0 Å².